The van der Waals surface area contributed by atoms with Crippen molar-refractivity contribution in [2.24, 2.45) is 0 Å². The summed E-state index contributed by atoms with van der Waals surface area (Å²) in [4.78, 5) is 12.1. The van der Waals surface area contributed by atoms with Crippen LogP contribution in [0.2, 0.25) is 5.02 Å². The van der Waals surface area contributed by atoms with Crippen LogP contribution in [0.25, 0.3) is 0 Å². The number of carbonyl (C=O) groups excluding carboxylic acids is 1. The van der Waals surface area contributed by atoms with Gasteiger partial charge in [-0.1, -0.05) is 23.7 Å². The first-order chi connectivity index (χ1) is 13.2. The molecule has 0 unspecified atom stereocenters. The number of nitrogens with one attached hydrogen (secondary N) is 1. The van der Waals surface area contributed by atoms with E-state index in [1.54, 1.807) is 23.9 Å². The van der Waals surface area contributed by atoms with Gasteiger partial charge in [0.2, 0.25) is 15.9 Å². The minimum atomic E-state index is -3.85. The number of sulfonamides is 1. The molecule has 0 aliphatic heterocycles. The molecule has 0 spiro atoms. The molecule has 0 aliphatic rings. The van der Waals surface area contributed by atoms with E-state index in [4.69, 9.17) is 11.6 Å². The number of nitrogens with zero attached hydrogens (tertiary/aromatic N) is 1. The summed E-state index contributed by atoms with van der Waals surface area (Å²) in [6, 6.07) is 10.1. The number of amides is 1. The molecule has 0 saturated heterocycles. The molecule has 0 fully saturated rings. The highest BCUT2D eigenvalue weighted by Gasteiger charge is 2.21. The number of carbonyl (C=O) groups is 1. The molecule has 2 rings (SSSR count). The van der Waals surface area contributed by atoms with Gasteiger partial charge < -0.3 is 5.32 Å². The van der Waals surface area contributed by atoms with Gasteiger partial charge in [0.25, 0.3) is 0 Å². The highest BCUT2D eigenvalue weighted by atomic mass is 35.5. The van der Waals surface area contributed by atoms with Crippen LogP contribution in [0.5, 0.6) is 0 Å². The Hall–Kier alpha value is -1.84. The molecule has 1 amide bonds. The molecule has 0 atom stereocenters. The first kappa shape index (κ1) is 22.4. The lowest BCUT2D eigenvalue weighted by atomic mass is 10.2. The van der Waals surface area contributed by atoms with E-state index >= 15 is 0 Å². The van der Waals surface area contributed by atoms with Gasteiger partial charge in [0.05, 0.1) is 11.9 Å². The van der Waals surface area contributed by atoms with Crippen molar-refractivity contribution in [2.75, 3.05) is 29.4 Å². The molecule has 0 aromatic heterocycles. The largest absolute Gasteiger partial charge is 0.354 e. The van der Waals surface area contributed by atoms with Crippen molar-refractivity contribution in [1.82, 2.24) is 5.32 Å². The van der Waals surface area contributed by atoms with Gasteiger partial charge in [-0.2, -0.15) is 11.8 Å². The van der Waals surface area contributed by atoms with Crippen molar-refractivity contribution < 1.29 is 22.0 Å². The lowest BCUT2D eigenvalue weighted by Gasteiger charge is -2.22. The average molecular weight is 449 g/mol. The molecule has 0 saturated carbocycles. The Morgan fingerprint density at radius 1 is 1.14 bits per heavy atom. The van der Waals surface area contributed by atoms with Crippen LogP contribution < -0.4 is 9.62 Å². The van der Waals surface area contributed by atoms with Gasteiger partial charge in [-0.3, -0.25) is 9.10 Å². The molecule has 0 bridgehead atoms. The maximum atomic E-state index is 13.4. The number of hydrogen-bond acceptors (Lipinski definition) is 4. The number of benzene rings is 2. The lowest BCUT2D eigenvalue weighted by Crippen LogP contribution is -2.41. The SMILES string of the molecule is CS(=O)(=O)N(CC(=O)NCCSCc1ccc(Cl)cc1)c1ccc(F)c(F)c1. The summed E-state index contributed by atoms with van der Waals surface area (Å²) in [6.07, 6.45) is 0.892. The summed E-state index contributed by atoms with van der Waals surface area (Å²) < 4.78 is 51.1. The summed E-state index contributed by atoms with van der Waals surface area (Å²) in [5, 5.41) is 3.29. The molecule has 0 heterocycles. The van der Waals surface area contributed by atoms with Gasteiger partial charge in [-0.25, -0.2) is 17.2 Å². The van der Waals surface area contributed by atoms with E-state index < -0.39 is 34.1 Å². The Balaban J connectivity index is 1.84. The maximum Gasteiger partial charge on any atom is 0.240 e. The molecule has 0 radical (unpaired) electrons. The Bertz CT molecular complexity index is 925. The normalized spacial score (nSPS) is 11.3. The highest BCUT2D eigenvalue weighted by Crippen LogP contribution is 2.20. The third-order valence-corrected chi connectivity index (χ3v) is 6.05. The predicted molar refractivity (Wildman–Crippen MR) is 109 cm³/mol. The van der Waals surface area contributed by atoms with Crippen molar-refractivity contribution >= 4 is 45.0 Å². The van der Waals surface area contributed by atoms with Crippen LogP contribution in [-0.2, 0) is 20.6 Å². The third-order valence-electron chi connectivity index (χ3n) is 3.63. The zero-order chi connectivity index (χ0) is 20.7. The van der Waals surface area contributed by atoms with Crippen LogP contribution in [0.4, 0.5) is 14.5 Å². The summed E-state index contributed by atoms with van der Waals surface area (Å²) in [5.41, 5.74) is 0.982. The van der Waals surface area contributed by atoms with Gasteiger partial charge >= 0.3 is 0 Å². The van der Waals surface area contributed by atoms with Gasteiger partial charge in [-0.15, -0.1) is 0 Å². The summed E-state index contributed by atoms with van der Waals surface area (Å²) in [6.45, 7) is -0.182. The predicted octanol–water partition coefficient (Wildman–Crippen LogP) is 3.43. The summed E-state index contributed by atoms with van der Waals surface area (Å²) in [7, 11) is -3.85. The van der Waals surface area contributed by atoms with Gasteiger partial charge in [0.15, 0.2) is 11.6 Å². The van der Waals surface area contributed by atoms with E-state index in [1.807, 2.05) is 12.1 Å². The zero-order valence-corrected chi connectivity index (χ0v) is 17.4. The van der Waals surface area contributed by atoms with Crippen LogP contribution in [-0.4, -0.2) is 39.4 Å². The molecule has 2 aromatic carbocycles. The monoisotopic (exact) mass is 448 g/mol. The third kappa shape index (κ3) is 6.96. The standard InChI is InChI=1S/C18H19ClF2N2O3S2/c1-28(25,26)23(15-6-7-16(20)17(21)10-15)11-18(24)22-8-9-27-12-13-2-4-14(19)5-3-13/h2-7,10H,8-9,11-12H2,1H3,(H,22,24). The van der Waals surface area contributed by atoms with Gasteiger partial charge in [0.1, 0.15) is 6.54 Å². The van der Waals surface area contributed by atoms with E-state index in [9.17, 15) is 22.0 Å². The molecule has 5 nitrogen and oxygen atoms in total. The minimum Gasteiger partial charge on any atom is -0.354 e. The summed E-state index contributed by atoms with van der Waals surface area (Å²) in [5.74, 6) is -1.46. The molecule has 2 aromatic rings. The second kappa shape index (κ2) is 10.1. The van der Waals surface area contributed by atoms with Crippen LogP contribution >= 0.6 is 23.4 Å². The zero-order valence-electron chi connectivity index (χ0n) is 15.0. The smallest absolute Gasteiger partial charge is 0.240 e. The number of hydrogen-bond donors (Lipinski definition) is 1. The van der Waals surface area contributed by atoms with Crippen LogP contribution in [0.15, 0.2) is 42.5 Å². The number of thioether (sulfide) groups is 1. The maximum absolute atomic E-state index is 13.4. The van der Waals surface area contributed by atoms with Crippen molar-refractivity contribution in [3.63, 3.8) is 0 Å². The lowest BCUT2D eigenvalue weighted by molar-refractivity contribution is -0.119. The topological polar surface area (TPSA) is 66.5 Å². The van der Waals surface area contributed by atoms with Crippen molar-refractivity contribution in [3.8, 4) is 0 Å². The quantitative estimate of drug-likeness (QED) is 0.597. The van der Waals surface area contributed by atoms with E-state index in [0.717, 1.165) is 40.1 Å². The first-order valence-electron chi connectivity index (χ1n) is 8.18. The number of rotatable bonds is 9. The second-order valence-electron chi connectivity index (χ2n) is 5.90. The van der Waals surface area contributed by atoms with E-state index in [1.165, 1.54) is 0 Å². The van der Waals surface area contributed by atoms with Crippen molar-refractivity contribution in [3.05, 3.63) is 64.7 Å². The van der Waals surface area contributed by atoms with Crippen LogP contribution in [0.3, 0.4) is 0 Å². The molecule has 28 heavy (non-hydrogen) atoms. The van der Waals surface area contributed by atoms with Gasteiger partial charge in [-0.05, 0) is 29.8 Å². The molecule has 152 valence electrons. The molecule has 0 aliphatic carbocycles. The number of anilines is 1. The van der Waals surface area contributed by atoms with E-state index in [-0.39, 0.29) is 5.69 Å². The fourth-order valence-corrected chi connectivity index (χ4v) is 4.05. The van der Waals surface area contributed by atoms with Crippen molar-refractivity contribution in [1.29, 1.82) is 0 Å². The van der Waals surface area contributed by atoms with Gasteiger partial charge in [0, 0.05) is 29.1 Å². The highest BCUT2D eigenvalue weighted by molar-refractivity contribution is 7.98. The Labute approximate surface area is 172 Å². The fourth-order valence-electron chi connectivity index (χ4n) is 2.26. The van der Waals surface area contributed by atoms with Crippen molar-refractivity contribution in [2.45, 2.75) is 5.75 Å². The Morgan fingerprint density at radius 3 is 2.43 bits per heavy atom. The number of halogens is 3. The van der Waals surface area contributed by atoms with E-state index in [0.29, 0.717) is 17.3 Å². The molecule has 1 N–H and O–H groups in total. The average Bonchev–Trinajstić information content (AvgIpc) is 2.62. The fraction of sp³-hybridized carbons (Fsp3) is 0.278. The first-order valence-corrected chi connectivity index (χ1v) is 11.6. The molecular weight excluding hydrogens is 430 g/mol. The Morgan fingerprint density at radius 2 is 1.82 bits per heavy atom. The molecule has 10 heteroatoms. The van der Waals surface area contributed by atoms with Crippen LogP contribution in [0, 0.1) is 11.6 Å². The summed E-state index contributed by atoms with van der Waals surface area (Å²) >= 11 is 7.42. The molecular formula is C18H19ClF2N2O3S2. The second-order valence-corrected chi connectivity index (χ2v) is 9.35. The minimum absolute atomic E-state index is 0.117. The van der Waals surface area contributed by atoms with E-state index in [2.05, 4.69) is 5.32 Å². The Kier molecular flexibility index (Phi) is 8.09. The van der Waals surface area contributed by atoms with Crippen LogP contribution in [0.1, 0.15) is 5.56 Å².